The maximum atomic E-state index is 9.68. The largest absolute Gasteiger partial charge is 0.390 e. The van der Waals surface area contributed by atoms with Crippen LogP contribution in [0.3, 0.4) is 0 Å². The molecule has 4 nitrogen and oxygen atoms in total. The molecular formula is C13H25N3O. The van der Waals surface area contributed by atoms with Crippen molar-refractivity contribution < 1.29 is 5.11 Å². The standard InChI is InChI=1S/C13H25N3O/c1-4-12(11-14)16-9-7-15(8-10-16)6-5-13(2,3)17/h12,17H,4-10H2,1-3H3. The monoisotopic (exact) mass is 239 g/mol. The van der Waals surface area contributed by atoms with Gasteiger partial charge in [-0.2, -0.15) is 5.26 Å². The Morgan fingerprint density at radius 1 is 1.29 bits per heavy atom. The summed E-state index contributed by atoms with van der Waals surface area (Å²) in [4.78, 5) is 4.64. The molecule has 0 aromatic carbocycles. The van der Waals surface area contributed by atoms with Gasteiger partial charge in [0.05, 0.1) is 17.7 Å². The van der Waals surface area contributed by atoms with Crippen LogP contribution in [0.5, 0.6) is 0 Å². The summed E-state index contributed by atoms with van der Waals surface area (Å²) in [6.45, 7) is 10.7. The lowest BCUT2D eigenvalue weighted by atomic mass is 10.1. The zero-order chi connectivity index (χ0) is 12.9. The summed E-state index contributed by atoms with van der Waals surface area (Å²) in [5.74, 6) is 0. The number of nitrogens with zero attached hydrogens (tertiary/aromatic N) is 3. The first-order valence-electron chi connectivity index (χ1n) is 6.54. The third-order valence-electron chi connectivity index (χ3n) is 3.42. The summed E-state index contributed by atoms with van der Waals surface area (Å²) in [5.41, 5.74) is -0.574. The summed E-state index contributed by atoms with van der Waals surface area (Å²) in [6, 6.07) is 2.44. The van der Waals surface area contributed by atoms with E-state index in [0.29, 0.717) is 0 Å². The van der Waals surface area contributed by atoms with Crippen LogP contribution in [0, 0.1) is 11.3 Å². The van der Waals surface area contributed by atoms with Gasteiger partial charge in [0.2, 0.25) is 0 Å². The molecule has 0 amide bonds. The number of piperazine rings is 1. The Kier molecular flexibility index (Phi) is 5.38. The number of rotatable bonds is 5. The van der Waals surface area contributed by atoms with Crippen LogP contribution >= 0.6 is 0 Å². The van der Waals surface area contributed by atoms with E-state index in [1.54, 1.807) is 0 Å². The Morgan fingerprint density at radius 2 is 1.88 bits per heavy atom. The predicted octanol–water partition coefficient (Wildman–Crippen LogP) is 1.07. The van der Waals surface area contributed by atoms with Crippen molar-refractivity contribution in [2.45, 2.75) is 45.3 Å². The molecule has 1 aliphatic rings. The van der Waals surface area contributed by atoms with Crippen molar-refractivity contribution in [1.29, 1.82) is 5.26 Å². The average molecular weight is 239 g/mol. The first-order valence-corrected chi connectivity index (χ1v) is 6.54. The number of hydrogen-bond acceptors (Lipinski definition) is 4. The van der Waals surface area contributed by atoms with Gasteiger partial charge >= 0.3 is 0 Å². The van der Waals surface area contributed by atoms with Crippen molar-refractivity contribution in [2.75, 3.05) is 32.7 Å². The topological polar surface area (TPSA) is 50.5 Å². The highest BCUT2D eigenvalue weighted by Crippen LogP contribution is 2.12. The molecule has 0 aromatic rings. The average Bonchev–Trinajstić information content (AvgIpc) is 2.29. The van der Waals surface area contributed by atoms with E-state index in [4.69, 9.17) is 5.26 Å². The van der Waals surface area contributed by atoms with Gasteiger partial charge in [0.1, 0.15) is 0 Å². The van der Waals surface area contributed by atoms with Crippen LogP contribution in [0.1, 0.15) is 33.6 Å². The summed E-state index contributed by atoms with van der Waals surface area (Å²) >= 11 is 0. The molecule has 0 radical (unpaired) electrons. The molecule has 0 aromatic heterocycles. The summed E-state index contributed by atoms with van der Waals surface area (Å²) in [6.07, 6.45) is 1.71. The van der Waals surface area contributed by atoms with Gasteiger partial charge in [0.25, 0.3) is 0 Å². The fourth-order valence-electron chi connectivity index (χ4n) is 2.16. The minimum Gasteiger partial charge on any atom is -0.390 e. The zero-order valence-electron chi connectivity index (χ0n) is 11.3. The first-order chi connectivity index (χ1) is 7.96. The predicted molar refractivity (Wildman–Crippen MR) is 68.6 cm³/mol. The van der Waals surface area contributed by atoms with Gasteiger partial charge < -0.3 is 10.0 Å². The lowest BCUT2D eigenvalue weighted by molar-refractivity contribution is 0.0447. The van der Waals surface area contributed by atoms with Gasteiger partial charge in [0.15, 0.2) is 0 Å². The van der Waals surface area contributed by atoms with Gasteiger partial charge in [-0.3, -0.25) is 4.90 Å². The quantitative estimate of drug-likeness (QED) is 0.779. The minimum absolute atomic E-state index is 0.0754. The maximum absolute atomic E-state index is 9.68. The molecule has 1 saturated heterocycles. The van der Waals surface area contributed by atoms with Crippen LogP contribution in [0.25, 0.3) is 0 Å². The molecule has 1 N–H and O–H groups in total. The van der Waals surface area contributed by atoms with Crippen molar-refractivity contribution in [1.82, 2.24) is 9.80 Å². The van der Waals surface area contributed by atoms with Crippen molar-refractivity contribution >= 4 is 0 Å². The lowest BCUT2D eigenvalue weighted by Gasteiger charge is -2.37. The number of hydrogen-bond donors (Lipinski definition) is 1. The van der Waals surface area contributed by atoms with Crippen LogP contribution in [-0.4, -0.2) is 59.3 Å². The summed E-state index contributed by atoms with van der Waals surface area (Å²) in [7, 11) is 0. The molecule has 98 valence electrons. The van der Waals surface area contributed by atoms with E-state index in [1.165, 1.54) is 0 Å². The third-order valence-corrected chi connectivity index (χ3v) is 3.42. The molecule has 0 saturated carbocycles. The van der Waals surface area contributed by atoms with Crippen LogP contribution in [0.15, 0.2) is 0 Å². The Labute approximate surface area is 105 Å². The Morgan fingerprint density at radius 3 is 2.29 bits per heavy atom. The highest BCUT2D eigenvalue weighted by Gasteiger charge is 2.23. The molecule has 1 unspecified atom stereocenters. The van der Waals surface area contributed by atoms with E-state index in [9.17, 15) is 5.11 Å². The Balaban J connectivity index is 2.29. The summed E-state index contributed by atoms with van der Waals surface area (Å²) in [5, 5.41) is 18.7. The molecule has 1 atom stereocenters. The van der Waals surface area contributed by atoms with Gasteiger partial charge in [-0.25, -0.2) is 0 Å². The molecular weight excluding hydrogens is 214 g/mol. The first kappa shape index (κ1) is 14.4. The van der Waals surface area contributed by atoms with Gasteiger partial charge in [-0.05, 0) is 26.7 Å². The van der Waals surface area contributed by atoms with Crippen molar-refractivity contribution in [3.8, 4) is 6.07 Å². The van der Waals surface area contributed by atoms with Crippen LogP contribution in [-0.2, 0) is 0 Å². The highest BCUT2D eigenvalue weighted by atomic mass is 16.3. The van der Waals surface area contributed by atoms with E-state index in [1.807, 2.05) is 13.8 Å². The fraction of sp³-hybridized carbons (Fsp3) is 0.923. The minimum atomic E-state index is -0.574. The Bertz CT molecular complexity index is 259. The zero-order valence-corrected chi connectivity index (χ0v) is 11.3. The molecule has 1 fully saturated rings. The van der Waals surface area contributed by atoms with Crippen molar-refractivity contribution in [2.24, 2.45) is 0 Å². The maximum Gasteiger partial charge on any atom is 0.0976 e. The molecule has 1 aliphatic heterocycles. The molecule has 0 bridgehead atoms. The van der Waals surface area contributed by atoms with Crippen molar-refractivity contribution in [3.63, 3.8) is 0 Å². The number of aliphatic hydroxyl groups is 1. The third kappa shape index (κ3) is 5.03. The fourth-order valence-corrected chi connectivity index (χ4v) is 2.16. The van der Waals surface area contributed by atoms with E-state index >= 15 is 0 Å². The van der Waals surface area contributed by atoms with E-state index < -0.39 is 5.60 Å². The van der Waals surface area contributed by atoms with Crippen LogP contribution in [0.2, 0.25) is 0 Å². The molecule has 1 rings (SSSR count). The molecule has 17 heavy (non-hydrogen) atoms. The summed E-state index contributed by atoms with van der Waals surface area (Å²) < 4.78 is 0. The normalized spacial score (nSPS) is 21.1. The van der Waals surface area contributed by atoms with E-state index in [0.717, 1.165) is 45.6 Å². The molecule has 0 spiro atoms. The highest BCUT2D eigenvalue weighted by molar-refractivity contribution is 4.92. The second-order valence-corrected chi connectivity index (χ2v) is 5.49. The number of nitriles is 1. The SMILES string of the molecule is CCC(C#N)N1CCN(CCC(C)(C)O)CC1. The second kappa shape index (κ2) is 6.34. The molecule has 4 heteroatoms. The molecule has 0 aliphatic carbocycles. The van der Waals surface area contributed by atoms with Gasteiger partial charge in [-0.15, -0.1) is 0 Å². The van der Waals surface area contributed by atoms with Crippen LogP contribution < -0.4 is 0 Å². The molecule has 1 heterocycles. The van der Waals surface area contributed by atoms with Gasteiger partial charge in [0, 0.05) is 32.7 Å². The van der Waals surface area contributed by atoms with Crippen molar-refractivity contribution in [3.05, 3.63) is 0 Å². The lowest BCUT2D eigenvalue weighted by Crippen LogP contribution is -2.50. The van der Waals surface area contributed by atoms with Crippen LogP contribution in [0.4, 0.5) is 0 Å². The van der Waals surface area contributed by atoms with E-state index in [-0.39, 0.29) is 6.04 Å². The van der Waals surface area contributed by atoms with Gasteiger partial charge in [-0.1, -0.05) is 6.92 Å². The second-order valence-electron chi connectivity index (χ2n) is 5.49. The van der Waals surface area contributed by atoms with E-state index in [2.05, 4.69) is 22.8 Å². The Hall–Kier alpha value is -0.630. The smallest absolute Gasteiger partial charge is 0.0976 e.